The van der Waals surface area contributed by atoms with Gasteiger partial charge >= 0.3 is 0 Å². The average Bonchev–Trinajstić information content (AvgIpc) is 2.69. The second-order valence-electron chi connectivity index (χ2n) is 13.5. The van der Waals surface area contributed by atoms with E-state index in [1.54, 1.807) is 12.1 Å². The molecule has 1 N–H and O–H groups in total. The Hall–Kier alpha value is -1.85. The standard InChI is InChI=1S/C30H41F3N2/c1-27(2)15-21(16-28(3,4)34-27)23-11-9-19(13-25(23)31)20-10-12-24(26(32)14-20)22-17-29(5,6)35(33)30(7,8)18-22/h9-14,21-22,34H,15-18H2,1-8H3. The van der Waals surface area contributed by atoms with E-state index in [1.807, 2.05) is 45.9 Å². The van der Waals surface area contributed by atoms with Crippen molar-refractivity contribution in [3.63, 3.8) is 0 Å². The number of piperidine rings is 2. The summed E-state index contributed by atoms with van der Waals surface area (Å²) >= 11 is 0. The van der Waals surface area contributed by atoms with Crippen LogP contribution in [0.3, 0.4) is 0 Å². The third-order valence-electron chi connectivity index (χ3n) is 7.96. The minimum atomic E-state index is -0.672. The van der Waals surface area contributed by atoms with Gasteiger partial charge in [0.15, 0.2) is 0 Å². The maximum atomic E-state index is 15.4. The van der Waals surface area contributed by atoms with E-state index in [9.17, 15) is 4.48 Å². The Morgan fingerprint density at radius 1 is 0.657 bits per heavy atom. The molecule has 0 aromatic heterocycles. The highest BCUT2D eigenvalue weighted by Gasteiger charge is 2.47. The molecule has 2 fully saturated rings. The van der Waals surface area contributed by atoms with Gasteiger partial charge in [-0.1, -0.05) is 24.3 Å². The Morgan fingerprint density at radius 3 is 1.40 bits per heavy atom. The van der Waals surface area contributed by atoms with Crippen LogP contribution in [0.4, 0.5) is 13.3 Å². The zero-order chi connectivity index (χ0) is 26.0. The van der Waals surface area contributed by atoms with Crippen molar-refractivity contribution in [2.45, 2.75) is 115 Å². The van der Waals surface area contributed by atoms with Crippen molar-refractivity contribution < 1.29 is 13.3 Å². The molecule has 2 aromatic carbocycles. The van der Waals surface area contributed by atoms with Crippen LogP contribution in [0.1, 0.15) is 104 Å². The van der Waals surface area contributed by atoms with Gasteiger partial charge in [-0.2, -0.15) is 0 Å². The third kappa shape index (κ3) is 5.32. The van der Waals surface area contributed by atoms with Crippen molar-refractivity contribution in [3.05, 3.63) is 59.2 Å². The summed E-state index contributed by atoms with van der Waals surface area (Å²) in [5.41, 5.74) is 1.18. The van der Waals surface area contributed by atoms with Gasteiger partial charge in [-0.3, -0.25) is 0 Å². The first-order chi connectivity index (χ1) is 16.0. The molecule has 0 bridgehead atoms. The second-order valence-corrected chi connectivity index (χ2v) is 13.5. The van der Waals surface area contributed by atoms with Gasteiger partial charge in [-0.25, -0.2) is 8.78 Å². The molecule has 192 valence electrons. The first-order valence-corrected chi connectivity index (χ1v) is 12.8. The van der Waals surface area contributed by atoms with E-state index in [2.05, 4.69) is 33.0 Å². The predicted octanol–water partition coefficient (Wildman–Crippen LogP) is 8.28. The van der Waals surface area contributed by atoms with Gasteiger partial charge in [0, 0.05) is 22.2 Å². The Balaban J connectivity index is 1.59. The van der Waals surface area contributed by atoms with Gasteiger partial charge in [0.1, 0.15) is 11.6 Å². The average molecular weight is 487 g/mol. The zero-order valence-electron chi connectivity index (χ0n) is 22.5. The fourth-order valence-electron chi connectivity index (χ4n) is 7.10. The third-order valence-corrected chi connectivity index (χ3v) is 7.96. The first-order valence-electron chi connectivity index (χ1n) is 12.8. The predicted molar refractivity (Wildman–Crippen MR) is 138 cm³/mol. The van der Waals surface area contributed by atoms with Gasteiger partial charge in [-0.15, -0.1) is 9.60 Å². The molecule has 2 saturated heterocycles. The summed E-state index contributed by atoms with van der Waals surface area (Å²) in [6.45, 7) is 16.1. The van der Waals surface area contributed by atoms with Gasteiger partial charge in [0.2, 0.25) is 0 Å². The fraction of sp³-hybridized carbons (Fsp3) is 0.600. The molecule has 2 nitrogen and oxygen atoms in total. The molecule has 0 radical (unpaired) electrons. The van der Waals surface area contributed by atoms with E-state index >= 15 is 8.78 Å². The second kappa shape index (κ2) is 8.62. The van der Waals surface area contributed by atoms with E-state index in [0.717, 1.165) is 23.5 Å². The Morgan fingerprint density at radius 2 is 1.03 bits per heavy atom. The summed E-state index contributed by atoms with van der Waals surface area (Å²) in [5.74, 6) is -0.490. The maximum absolute atomic E-state index is 15.4. The molecule has 2 aliphatic rings. The van der Waals surface area contributed by atoms with Crippen molar-refractivity contribution >= 4 is 0 Å². The van der Waals surface area contributed by atoms with Crippen molar-refractivity contribution in [2.24, 2.45) is 0 Å². The SMILES string of the molecule is CC1(C)CC(c2ccc(-c3ccc(C4CC(C)(C)N(F)C(C)(C)C4)c(F)c3)cc2F)CC(C)(C)N1. The number of rotatable bonds is 3. The first kappa shape index (κ1) is 26.2. The molecule has 0 aliphatic carbocycles. The monoisotopic (exact) mass is 486 g/mol. The molecule has 4 rings (SSSR count). The van der Waals surface area contributed by atoms with Crippen LogP contribution in [0.5, 0.6) is 0 Å². The molecule has 5 heteroatoms. The van der Waals surface area contributed by atoms with E-state index in [-0.39, 0.29) is 34.5 Å². The topological polar surface area (TPSA) is 15.3 Å². The number of halogens is 3. The van der Waals surface area contributed by atoms with Crippen LogP contribution in [0, 0.1) is 11.6 Å². The summed E-state index contributed by atoms with van der Waals surface area (Å²) in [7, 11) is 0. The molecule has 0 atom stereocenters. The molecule has 2 heterocycles. The van der Waals surface area contributed by atoms with Crippen molar-refractivity contribution in [3.8, 4) is 11.1 Å². The smallest absolute Gasteiger partial charge is 0.127 e. The van der Waals surface area contributed by atoms with E-state index in [0.29, 0.717) is 29.5 Å². The lowest BCUT2D eigenvalue weighted by Crippen LogP contribution is -2.57. The Bertz CT molecular complexity index is 1070. The number of hydrogen-bond acceptors (Lipinski definition) is 2. The zero-order valence-corrected chi connectivity index (χ0v) is 22.5. The van der Waals surface area contributed by atoms with Gasteiger partial charge in [-0.05, 0) is 127 Å². The van der Waals surface area contributed by atoms with Crippen LogP contribution in [0.25, 0.3) is 11.1 Å². The van der Waals surface area contributed by atoms with Crippen molar-refractivity contribution in [1.82, 2.24) is 10.4 Å². The summed E-state index contributed by atoms with van der Waals surface area (Å²) < 4.78 is 45.5. The lowest BCUT2D eigenvalue weighted by molar-refractivity contribution is -0.173. The Kier molecular flexibility index (Phi) is 6.46. The van der Waals surface area contributed by atoms with E-state index in [1.165, 1.54) is 6.07 Å². The van der Waals surface area contributed by atoms with Gasteiger partial charge in [0.05, 0.1) is 0 Å². The van der Waals surface area contributed by atoms with Crippen LogP contribution in [0.15, 0.2) is 36.4 Å². The van der Waals surface area contributed by atoms with Crippen LogP contribution < -0.4 is 5.32 Å². The minimum Gasteiger partial charge on any atom is -0.307 e. The molecule has 0 spiro atoms. The van der Waals surface area contributed by atoms with Crippen LogP contribution >= 0.6 is 0 Å². The number of benzene rings is 2. The summed E-state index contributed by atoms with van der Waals surface area (Å²) in [5, 5.41) is 4.57. The molecule has 0 unspecified atom stereocenters. The molecule has 35 heavy (non-hydrogen) atoms. The van der Waals surface area contributed by atoms with Crippen molar-refractivity contribution in [2.75, 3.05) is 0 Å². The lowest BCUT2D eigenvalue weighted by atomic mass is 9.72. The molecular weight excluding hydrogens is 445 g/mol. The molecule has 2 aromatic rings. The normalized spacial score (nSPS) is 24.4. The number of nitrogens with one attached hydrogen (secondary N) is 1. The maximum Gasteiger partial charge on any atom is 0.127 e. The lowest BCUT2D eigenvalue weighted by Gasteiger charge is -2.50. The van der Waals surface area contributed by atoms with Crippen LogP contribution in [-0.2, 0) is 0 Å². The molecular formula is C30H41F3N2. The summed E-state index contributed by atoms with van der Waals surface area (Å²) in [4.78, 5) is 0. The molecule has 0 saturated carbocycles. The van der Waals surface area contributed by atoms with Crippen LogP contribution in [0.2, 0.25) is 0 Å². The quantitative estimate of drug-likeness (QED) is 0.439. The summed E-state index contributed by atoms with van der Waals surface area (Å²) in [6.07, 6.45) is 2.80. The largest absolute Gasteiger partial charge is 0.307 e. The van der Waals surface area contributed by atoms with Gasteiger partial charge in [0.25, 0.3) is 0 Å². The fourth-order valence-corrected chi connectivity index (χ4v) is 7.10. The van der Waals surface area contributed by atoms with E-state index < -0.39 is 11.1 Å². The Labute approximate surface area is 209 Å². The highest BCUT2D eigenvalue weighted by Crippen LogP contribution is 2.47. The van der Waals surface area contributed by atoms with Crippen LogP contribution in [-0.4, -0.2) is 27.3 Å². The summed E-state index contributed by atoms with van der Waals surface area (Å²) in [6, 6.07) is 10.5. The highest BCUT2D eigenvalue weighted by atomic mass is 19.2. The van der Waals surface area contributed by atoms with Gasteiger partial charge < -0.3 is 5.32 Å². The highest BCUT2D eigenvalue weighted by molar-refractivity contribution is 5.64. The number of nitrogens with zero attached hydrogens (tertiary/aromatic N) is 1. The van der Waals surface area contributed by atoms with Crippen molar-refractivity contribution in [1.29, 1.82) is 0 Å². The number of hydrogen-bond donors (Lipinski definition) is 1. The molecule has 0 amide bonds. The minimum absolute atomic E-state index is 0.0715. The van der Waals surface area contributed by atoms with E-state index in [4.69, 9.17) is 0 Å². The molecule has 2 aliphatic heterocycles.